The first-order valence-corrected chi connectivity index (χ1v) is 3.64. The molecule has 0 atom stereocenters. The van der Waals surface area contributed by atoms with Crippen molar-refractivity contribution in [3.05, 3.63) is 0 Å². The minimum atomic E-state index is -1.25. The van der Waals surface area contributed by atoms with E-state index in [9.17, 15) is 19.5 Å². The molecule has 1 saturated heterocycles. The summed E-state index contributed by atoms with van der Waals surface area (Å²) in [5, 5.41) is 10.0. The van der Waals surface area contributed by atoms with Crippen molar-refractivity contribution in [2.75, 3.05) is 6.54 Å². The third kappa shape index (κ3) is 1.81. The lowest BCUT2D eigenvalue weighted by molar-refractivity contribution is -0.305. The molecule has 0 aromatic rings. The van der Waals surface area contributed by atoms with Crippen LogP contribution in [-0.2, 0) is 14.4 Å². The highest BCUT2D eigenvalue weighted by molar-refractivity contribution is 6.02. The van der Waals surface area contributed by atoms with Gasteiger partial charge in [0.15, 0.2) is 0 Å². The maximum absolute atomic E-state index is 10.9. The van der Waals surface area contributed by atoms with E-state index in [-0.39, 0.29) is 37.6 Å². The van der Waals surface area contributed by atoms with Crippen LogP contribution in [0.1, 0.15) is 19.3 Å². The molecule has 1 fully saturated rings. The second kappa shape index (κ2) is 3.34. The van der Waals surface area contributed by atoms with Crippen LogP contribution in [0.25, 0.3) is 0 Å². The van der Waals surface area contributed by atoms with Gasteiger partial charge in [-0.2, -0.15) is 0 Å². The number of carboxylic acid groups (broad SMARTS) is 1. The van der Waals surface area contributed by atoms with Crippen LogP contribution in [0.4, 0.5) is 0 Å². The van der Waals surface area contributed by atoms with Gasteiger partial charge in [0.1, 0.15) is 0 Å². The molecule has 2 amide bonds. The maximum atomic E-state index is 10.9. The number of hydrogen-bond acceptors (Lipinski definition) is 4. The number of nitrogens with zero attached hydrogens (tertiary/aromatic N) is 1. The number of amides is 2. The molecule has 0 spiro atoms. The zero-order chi connectivity index (χ0) is 9.14. The Kier molecular flexibility index (Phi) is 2.42. The molecule has 5 nitrogen and oxygen atoms in total. The smallest absolute Gasteiger partial charge is 0.229 e. The van der Waals surface area contributed by atoms with Gasteiger partial charge in [0.2, 0.25) is 11.8 Å². The predicted molar refractivity (Wildman–Crippen MR) is 35.6 cm³/mol. The van der Waals surface area contributed by atoms with Crippen molar-refractivity contribution >= 4 is 17.8 Å². The first kappa shape index (κ1) is 8.70. The fourth-order valence-corrected chi connectivity index (χ4v) is 1.08. The molecule has 0 aromatic heterocycles. The van der Waals surface area contributed by atoms with Gasteiger partial charge >= 0.3 is 0 Å². The number of carbonyl (C=O) groups is 3. The van der Waals surface area contributed by atoms with Gasteiger partial charge in [-0.25, -0.2) is 0 Å². The van der Waals surface area contributed by atoms with Crippen LogP contribution in [0, 0.1) is 0 Å². The average molecular weight is 170 g/mol. The van der Waals surface area contributed by atoms with E-state index in [1.807, 2.05) is 0 Å². The molecule has 0 unspecified atom stereocenters. The van der Waals surface area contributed by atoms with Crippen LogP contribution in [0.5, 0.6) is 0 Å². The first-order valence-electron chi connectivity index (χ1n) is 3.64. The number of carbonyl (C=O) groups excluding carboxylic acids is 3. The van der Waals surface area contributed by atoms with Crippen LogP contribution >= 0.6 is 0 Å². The number of carboxylic acids is 1. The molecule has 0 bridgehead atoms. The quantitative estimate of drug-likeness (QED) is 0.472. The van der Waals surface area contributed by atoms with Crippen molar-refractivity contribution in [2.24, 2.45) is 0 Å². The van der Waals surface area contributed by atoms with Crippen LogP contribution < -0.4 is 5.11 Å². The van der Waals surface area contributed by atoms with E-state index in [1.54, 1.807) is 0 Å². The van der Waals surface area contributed by atoms with Crippen LogP contribution in [0.15, 0.2) is 0 Å². The Bertz CT molecular complexity index is 220. The van der Waals surface area contributed by atoms with Crippen molar-refractivity contribution in [1.82, 2.24) is 4.90 Å². The molecular weight excluding hydrogens is 162 g/mol. The Morgan fingerprint density at radius 2 is 1.83 bits per heavy atom. The van der Waals surface area contributed by atoms with Gasteiger partial charge in [0, 0.05) is 31.8 Å². The Labute approximate surface area is 69.0 Å². The fraction of sp³-hybridized carbons (Fsp3) is 0.571. The molecule has 66 valence electrons. The summed E-state index contributed by atoms with van der Waals surface area (Å²) < 4.78 is 0. The second-order valence-corrected chi connectivity index (χ2v) is 2.56. The second-order valence-electron chi connectivity index (χ2n) is 2.56. The Morgan fingerprint density at radius 3 is 2.25 bits per heavy atom. The van der Waals surface area contributed by atoms with E-state index >= 15 is 0 Å². The molecule has 1 aliphatic heterocycles. The number of aliphatic carboxylic acids is 1. The fourth-order valence-electron chi connectivity index (χ4n) is 1.08. The number of imide groups is 1. The first-order chi connectivity index (χ1) is 5.61. The lowest BCUT2D eigenvalue weighted by Gasteiger charge is -2.13. The molecule has 0 aliphatic carbocycles. The summed E-state index contributed by atoms with van der Waals surface area (Å²) in [7, 11) is 0. The zero-order valence-corrected chi connectivity index (χ0v) is 6.41. The van der Waals surface area contributed by atoms with Crippen molar-refractivity contribution in [1.29, 1.82) is 0 Å². The molecule has 0 saturated carbocycles. The van der Waals surface area contributed by atoms with E-state index < -0.39 is 5.97 Å². The highest BCUT2D eigenvalue weighted by atomic mass is 16.4. The van der Waals surface area contributed by atoms with E-state index in [0.29, 0.717) is 0 Å². The number of likely N-dealkylation sites (tertiary alicyclic amines) is 1. The van der Waals surface area contributed by atoms with Gasteiger partial charge in [0.25, 0.3) is 0 Å². The molecule has 1 aliphatic rings. The van der Waals surface area contributed by atoms with E-state index in [1.165, 1.54) is 0 Å². The lowest BCUT2D eigenvalue weighted by atomic mass is 10.4. The summed E-state index contributed by atoms with van der Waals surface area (Å²) in [6.07, 6.45) is 0.120. The summed E-state index contributed by atoms with van der Waals surface area (Å²) in [4.78, 5) is 32.8. The molecule has 1 heterocycles. The Hall–Kier alpha value is -1.39. The number of rotatable bonds is 3. The number of hydrogen-bond donors (Lipinski definition) is 0. The summed E-state index contributed by atoms with van der Waals surface area (Å²) in [6, 6.07) is 0. The van der Waals surface area contributed by atoms with E-state index in [0.717, 1.165) is 4.90 Å². The summed E-state index contributed by atoms with van der Waals surface area (Å²) in [5.41, 5.74) is 0. The molecular formula is C7H8NO4-. The third-order valence-corrected chi connectivity index (χ3v) is 1.69. The van der Waals surface area contributed by atoms with Crippen molar-refractivity contribution < 1.29 is 19.5 Å². The summed E-state index contributed by atoms with van der Waals surface area (Å²) in [6.45, 7) is -0.0556. The van der Waals surface area contributed by atoms with Gasteiger partial charge in [-0.15, -0.1) is 0 Å². The SMILES string of the molecule is O=C([O-])CCN1C(=O)CCC1=O. The monoisotopic (exact) mass is 170 g/mol. The largest absolute Gasteiger partial charge is 0.550 e. The van der Waals surface area contributed by atoms with Crippen LogP contribution in [-0.4, -0.2) is 29.2 Å². The van der Waals surface area contributed by atoms with Gasteiger partial charge in [-0.3, -0.25) is 14.5 Å². The standard InChI is InChI=1S/C7H9NO4/c9-5-1-2-6(10)8(5)4-3-7(11)12/h1-4H2,(H,11,12)/p-1. The molecule has 0 aromatic carbocycles. The molecule has 12 heavy (non-hydrogen) atoms. The third-order valence-electron chi connectivity index (χ3n) is 1.69. The van der Waals surface area contributed by atoms with Gasteiger partial charge in [0.05, 0.1) is 0 Å². The minimum absolute atomic E-state index is 0.0556. The topological polar surface area (TPSA) is 77.5 Å². The van der Waals surface area contributed by atoms with Crippen molar-refractivity contribution in [3.8, 4) is 0 Å². The highest BCUT2D eigenvalue weighted by Crippen LogP contribution is 2.11. The van der Waals surface area contributed by atoms with Gasteiger partial charge in [-0.1, -0.05) is 0 Å². The molecule has 5 heteroatoms. The summed E-state index contributed by atoms with van der Waals surface area (Å²) >= 11 is 0. The van der Waals surface area contributed by atoms with Crippen LogP contribution in [0.3, 0.4) is 0 Å². The van der Waals surface area contributed by atoms with Crippen LogP contribution in [0.2, 0.25) is 0 Å². The normalized spacial score (nSPS) is 17.2. The van der Waals surface area contributed by atoms with Gasteiger partial charge in [-0.05, 0) is 0 Å². The zero-order valence-electron chi connectivity index (χ0n) is 6.41. The van der Waals surface area contributed by atoms with Gasteiger partial charge < -0.3 is 9.90 Å². The minimum Gasteiger partial charge on any atom is -0.550 e. The lowest BCUT2D eigenvalue weighted by Crippen LogP contribution is -2.34. The average Bonchev–Trinajstić information content (AvgIpc) is 2.28. The Balaban J connectivity index is 2.45. The Morgan fingerprint density at radius 1 is 1.33 bits per heavy atom. The molecule has 0 radical (unpaired) electrons. The summed E-state index contributed by atoms with van der Waals surface area (Å²) in [5.74, 6) is -1.83. The molecule has 1 rings (SSSR count). The van der Waals surface area contributed by atoms with E-state index in [4.69, 9.17) is 0 Å². The van der Waals surface area contributed by atoms with E-state index in [2.05, 4.69) is 0 Å². The molecule has 0 N–H and O–H groups in total. The highest BCUT2D eigenvalue weighted by Gasteiger charge is 2.27. The maximum Gasteiger partial charge on any atom is 0.229 e. The predicted octanol–water partition coefficient (Wildman–Crippen LogP) is -1.72. The van der Waals surface area contributed by atoms with Crippen molar-refractivity contribution in [2.45, 2.75) is 19.3 Å². The van der Waals surface area contributed by atoms with Crippen molar-refractivity contribution in [3.63, 3.8) is 0 Å².